The molecule has 0 aromatic heterocycles. The van der Waals surface area contributed by atoms with Crippen LogP contribution in [0.1, 0.15) is 66.9 Å². The molecule has 0 aliphatic heterocycles. The van der Waals surface area contributed by atoms with Crippen molar-refractivity contribution in [2.24, 2.45) is 5.92 Å². The summed E-state index contributed by atoms with van der Waals surface area (Å²) in [5, 5.41) is 0. The van der Waals surface area contributed by atoms with E-state index in [-0.39, 0.29) is 11.7 Å². The van der Waals surface area contributed by atoms with E-state index < -0.39 is 29.0 Å². The van der Waals surface area contributed by atoms with Crippen LogP contribution in [0.2, 0.25) is 0 Å². The molecule has 0 radical (unpaired) electrons. The lowest BCUT2D eigenvalue weighted by Gasteiger charge is -2.27. The van der Waals surface area contributed by atoms with Gasteiger partial charge < -0.3 is 9.47 Å². The number of rotatable bonds is 7. The molecule has 3 aromatic carbocycles. The van der Waals surface area contributed by atoms with E-state index in [2.05, 4.69) is 6.92 Å². The fourth-order valence-electron chi connectivity index (χ4n) is 4.58. The highest BCUT2D eigenvalue weighted by molar-refractivity contribution is 5.91. The fourth-order valence-corrected chi connectivity index (χ4v) is 4.58. The summed E-state index contributed by atoms with van der Waals surface area (Å²) in [6.45, 7) is 4.91. The first-order chi connectivity index (χ1) is 16.9. The van der Waals surface area contributed by atoms with E-state index in [0.717, 1.165) is 31.2 Å². The molecule has 3 aromatic rings. The minimum absolute atomic E-state index is 0.0352. The van der Waals surface area contributed by atoms with Crippen molar-refractivity contribution in [1.29, 1.82) is 0 Å². The van der Waals surface area contributed by atoms with Gasteiger partial charge in [-0.05, 0) is 72.6 Å². The Labute approximate surface area is 203 Å². The number of carbonyl (C=O) groups excluding carboxylic acids is 1. The second kappa shape index (κ2) is 11.1. The van der Waals surface area contributed by atoms with Crippen molar-refractivity contribution in [3.63, 3.8) is 0 Å². The molecule has 0 amide bonds. The van der Waals surface area contributed by atoms with Gasteiger partial charge in [0.25, 0.3) is 0 Å². The highest BCUT2D eigenvalue weighted by atomic mass is 19.2. The van der Waals surface area contributed by atoms with Crippen molar-refractivity contribution in [2.75, 3.05) is 6.61 Å². The van der Waals surface area contributed by atoms with Crippen LogP contribution in [0.15, 0.2) is 54.6 Å². The van der Waals surface area contributed by atoms with E-state index in [4.69, 9.17) is 9.47 Å². The third-order valence-electron chi connectivity index (χ3n) is 6.67. The first-order valence-corrected chi connectivity index (χ1v) is 12.0. The zero-order valence-corrected chi connectivity index (χ0v) is 20.0. The monoisotopic (exact) mass is 482 g/mol. The first-order valence-electron chi connectivity index (χ1n) is 12.0. The van der Waals surface area contributed by atoms with Crippen molar-refractivity contribution in [3.8, 4) is 16.9 Å². The van der Waals surface area contributed by atoms with Crippen LogP contribution < -0.4 is 4.74 Å². The Bertz CT molecular complexity index is 1180. The van der Waals surface area contributed by atoms with Crippen LogP contribution >= 0.6 is 0 Å². The smallest absolute Gasteiger partial charge is 0.346 e. The first kappa shape index (κ1) is 25.0. The summed E-state index contributed by atoms with van der Waals surface area (Å²) < 4.78 is 54.7. The van der Waals surface area contributed by atoms with Crippen LogP contribution in [-0.2, 0) is 11.3 Å². The van der Waals surface area contributed by atoms with Gasteiger partial charge in [-0.15, -0.1) is 0 Å². The van der Waals surface area contributed by atoms with Crippen LogP contribution in [-0.4, -0.2) is 12.6 Å². The molecule has 6 heteroatoms. The SMILES string of the molecule is CCOCc1ccc(-c2ccc(OC(=O)c3ccc(C4CCC(C)CC4)c(F)c3F)cc2)c(F)c1. The van der Waals surface area contributed by atoms with E-state index in [0.29, 0.717) is 35.8 Å². The van der Waals surface area contributed by atoms with Gasteiger partial charge in [0, 0.05) is 12.2 Å². The molecule has 1 aliphatic carbocycles. The van der Waals surface area contributed by atoms with Gasteiger partial charge in [-0.25, -0.2) is 18.0 Å². The van der Waals surface area contributed by atoms with Crippen LogP contribution in [0.4, 0.5) is 13.2 Å². The van der Waals surface area contributed by atoms with Crippen LogP contribution in [0.3, 0.4) is 0 Å². The number of hydrogen-bond donors (Lipinski definition) is 0. The predicted octanol–water partition coefficient (Wildman–Crippen LogP) is 7.82. The van der Waals surface area contributed by atoms with E-state index in [1.165, 1.54) is 30.3 Å². The van der Waals surface area contributed by atoms with Crippen molar-refractivity contribution in [1.82, 2.24) is 0 Å². The van der Waals surface area contributed by atoms with Crippen LogP contribution in [0.5, 0.6) is 5.75 Å². The molecule has 184 valence electrons. The highest BCUT2D eigenvalue weighted by Gasteiger charge is 2.27. The standard InChI is InChI=1S/C29H29F3O3/c1-3-34-17-19-6-13-23(26(30)16-19)20-9-11-22(12-10-20)35-29(33)25-15-14-24(27(31)28(25)32)21-7-4-18(2)5-8-21/h6,9-16,18,21H,3-5,7-8,17H2,1-2H3. The molecule has 1 fully saturated rings. The average molecular weight is 483 g/mol. The minimum atomic E-state index is -1.18. The molecule has 35 heavy (non-hydrogen) atoms. The molecular formula is C29H29F3O3. The Balaban J connectivity index is 1.45. The molecule has 1 saturated carbocycles. The number of hydrogen-bond acceptors (Lipinski definition) is 3. The van der Waals surface area contributed by atoms with Gasteiger partial charge in [-0.3, -0.25) is 0 Å². The Morgan fingerprint density at radius 1 is 0.914 bits per heavy atom. The summed E-state index contributed by atoms with van der Waals surface area (Å²) in [5.74, 6) is -2.82. The Kier molecular flexibility index (Phi) is 7.91. The van der Waals surface area contributed by atoms with Gasteiger partial charge >= 0.3 is 5.97 Å². The number of ether oxygens (including phenoxy) is 2. The number of benzene rings is 3. The lowest BCUT2D eigenvalue weighted by Crippen LogP contribution is -2.16. The van der Waals surface area contributed by atoms with Gasteiger partial charge in [0.2, 0.25) is 0 Å². The van der Waals surface area contributed by atoms with Gasteiger partial charge in [0.1, 0.15) is 11.6 Å². The quantitative estimate of drug-likeness (QED) is 0.254. The molecule has 1 aliphatic rings. The Hall–Kier alpha value is -3.12. The highest BCUT2D eigenvalue weighted by Crippen LogP contribution is 2.37. The van der Waals surface area contributed by atoms with Gasteiger partial charge in [0.05, 0.1) is 12.2 Å². The molecule has 4 rings (SSSR count). The predicted molar refractivity (Wildman–Crippen MR) is 129 cm³/mol. The van der Waals surface area contributed by atoms with Gasteiger partial charge in [0.15, 0.2) is 11.6 Å². The number of esters is 1. The summed E-state index contributed by atoms with van der Waals surface area (Å²) in [6.07, 6.45) is 3.58. The average Bonchev–Trinajstić information content (AvgIpc) is 2.85. The van der Waals surface area contributed by atoms with E-state index >= 15 is 0 Å². The topological polar surface area (TPSA) is 35.5 Å². The summed E-state index contributed by atoms with van der Waals surface area (Å²) in [5.41, 5.74) is 1.59. The van der Waals surface area contributed by atoms with Crippen LogP contribution in [0, 0.1) is 23.4 Å². The third kappa shape index (κ3) is 5.76. The molecule has 0 atom stereocenters. The van der Waals surface area contributed by atoms with Crippen molar-refractivity contribution in [3.05, 3.63) is 88.7 Å². The maximum Gasteiger partial charge on any atom is 0.346 e. The lowest BCUT2D eigenvalue weighted by molar-refractivity contribution is 0.0728. The Morgan fingerprint density at radius 3 is 2.29 bits per heavy atom. The molecule has 0 N–H and O–H groups in total. The van der Waals surface area contributed by atoms with E-state index in [1.807, 2.05) is 6.92 Å². The Morgan fingerprint density at radius 2 is 1.63 bits per heavy atom. The normalized spacial score (nSPS) is 17.9. The van der Waals surface area contributed by atoms with E-state index in [9.17, 15) is 18.0 Å². The zero-order chi connectivity index (χ0) is 24.9. The second-order valence-electron chi connectivity index (χ2n) is 9.15. The molecule has 0 bridgehead atoms. The van der Waals surface area contributed by atoms with E-state index in [1.54, 1.807) is 24.3 Å². The van der Waals surface area contributed by atoms with Gasteiger partial charge in [-0.2, -0.15) is 0 Å². The third-order valence-corrected chi connectivity index (χ3v) is 6.67. The summed E-state index contributed by atoms with van der Waals surface area (Å²) in [7, 11) is 0. The summed E-state index contributed by atoms with van der Waals surface area (Å²) in [6, 6.07) is 13.9. The largest absolute Gasteiger partial charge is 0.423 e. The molecule has 0 saturated heterocycles. The lowest BCUT2D eigenvalue weighted by atomic mass is 9.79. The van der Waals surface area contributed by atoms with Crippen molar-refractivity contribution < 1.29 is 27.4 Å². The molecule has 0 spiro atoms. The minimum Gasteiger partial charge on any atom is -0.423 e. The molecule has 3 nitrogen and oxygen atoms in total. The van der Waals surface area contributed by atoms with Crippen molar-refractivity contribution >= 4 is 5.97 Å². The molecule has 0 heterocycles. The second-order valence-corrected chi connectivity index (χ2v) is 9.15. The van der Waals surface area contributed by atoms with Crippen LogP contribution in [0.25, 0.3) is 11.1 Å². The molecule has 0 unspecified atom stereocenters. The van der Waals surface area contributed by atoms with Crippen molar-refractivity contribution in [2.45, 2.75) is 52.1 Å². The zero-order valence-electron chi connectivity index (χ0n) is 20.0. The number of carbonyl (C=O) groups is 1. The summed E-state index contributed by atoms with van der Waals surface area (Å²) >= 11 is 0. The summed E-state index contributed by atoms with van der Waals surface area (Å²) in [4.78, 5) is 12.5. The number of halogens is 3. The van der Waals surface area contributed by atoms with Gasteiger partial charge in [-0.1, -0.05) is 50.1 Å². The maximum atomic E-state index is 14.8. The molecular weight excluding hydrogens is 453 g/mol. The maximum absolute atomic E-state index is 14.8. The fraction of sp³-hybridized carbons (Fsp3) is 0.345.